The Morgan fingerprint density at radius 1 is 1.19 bits per heavy atom. The lowest BCUT2D eigenvalue weighted by atomic mass is 10.2. The predicted octanol–water partition coefficient (Wildman–Crippen LogP) is 2.24. The predicted molar refractivity (Wildman–Crippen MR) is 85.5 cm³/mol. The van der Waals surface area contributed by atoms with Crippen molar-refractivity contribution in [3.8, 4) is 5.69 Å². The first-order valence-corrected chi connectivity index (χ1v) is 7.24. The van der Waals surface area contributed by atoms with E-state index in [0.717, 1.165) is 17.1 Å². The zero-order valence-corrected chi connectivity index (χ0v) is 13.0. The molecule has 0 amide bonds. The molecule has 1 aromatic heterocycles. The Balaban J connectivity index is 2.00. The van der Waals surface area contributed by atoms with E-state index in [1.54, 1.807) is 0 Å². The van der Waals surface area contributed by atoms with Gasteiger partial charge >= 0.3 is 0 Å². The number of H-pyrrole nitrogens is 1. The number of nitrogens with zero attached hydrogens (tertiary/aromatic N) is 3. The van der Waals surface area contributed by atoms with Crippen molar-refractivity contribution in [3.05, 3.63) is 46.2 Å². The van der Waals surface area contributed by atoms with Crippen LogP contribution in [0.1, 0.15) is 25.0 Å². The van der Waals surface area contributed by atoms with Gasteiger partial charge in [-0.1, -0.05) is 29.9 Å². The number of aromatic nitrogens is 2. The number of aromatic amines is 1. The summed E-state index contributed by atoms with van der Waals surface area (Å²) in [6.07, 6.45) is 1.88. The molecule has 0 spiro atoms. The van der Waals surface area contributed by atoms with E-state index >= 15 is 0 Å². The van der Waals surface area contributed by atoms with Gasteiger partial charge in [0.15, 0.2) is 5.84 Å². The fourth-order valence-corrected chi connectivity index (χ4v) is 2.53. The monoisotopic (exact) mass is 302 g/mol. The molecule has 0 bridgehead atoms. The lowest BCUT2D eigenvalue weighted by molar-refractivity contribution is 0.246. The number of hydrogen-bond donors (Lipinski definition) is 3. The second kappa shape index (κ2) is 5.34. The van der Waals surface area contributed by atoms with Crippen LogP contribution in [0.5, 0.6) is 0 Å². The highest BCUT2D eigenvalue weighted by Gasteiger charge is 2.23. The van der Waals surface area contributed by atoms with E-state index < -0.39 is 0 Å². The molecule has 0 atom stereocenters. The number of amidine groups is 1. The van der Waals surface area contributed by atoms with Gasteiger partial charge < -0.3 is 0 Å². The molecule has 21 heavy (non-hydrogen) atoms. The molecule has 3 rings (SSSR count). The van der Waals surface area contributed by atoms with Crippen molar-refractivity contribution in [2.75, 3.05) is 0 Å². The van der Waals surface area contributed by atoms with Crippen molar-refractivity contribution < 1.29 is 0 Å². The van der Waals surface area contributed by atoms with Gasteiger partial charge in [0.1, 0.15) is 4.64 Å². The van der Waals surface area contributed by atoms with Gasteiger partial charge in [-0.3, -0.25) is 10.1 Å². The van der Waals surface area contributed by atoms with Crippen LogP contribution in [-0.4, -0.2) is 26.7 Å². The molecular weight excluding hydrogens is 284 g/mol. The number of aryl methyl sites for hydroxylation is 1. The summed E-state index contributed by atoms with van der Waals surface area (Å²) in [5.41, 5.74) is 8.89. The van der Waals surface area contributed by atoms with Crippen molar-refractivity contribution in [1.82, 2.24) is 25.9 Å². The summed E-state index contributed by atoms with van der Waals surface area (Å²) < 4.78 is 2.58. The van der Waals surface area contributed by atoms with E-state index in [-0.39, 0.29) is 6.04 Å². The summed E-state index contributed by atoms with van der Waals surface area (Å²) in [6, 6.07) is 8.47. The second-order valence-electron chi connectivity index (χ2n) is 5.29. The van der Waals surface area contributed by atoms with E-state index in [4.69, 9.17) is 12.2 Å². The zero-order chi connectivity index (χ0) is 15.0. The van der Waals surface area contributed by atoms with Gasteiger partial charge in [0.2, 0.25) is 0 Å². The molecule has 1 aromatic carbocycles. The molecule has 2 heterocycles. The summed E-state index contributed by atoms with van der Waals surface area (Å²) in [4.78, 5) is 0. The van der Waals surface area contributed by atoms with Crippen molar-refractivity contribution in [3.63, 3.8) is 0 Å². The van der Waals surface area contributed by atoms with Crippen LogP contribution in [0.25, 0.3) is 5.69 Å². The lowest BCUT2D eigenvalue weighted by Gasteiger charge is -2.22. The lowest BCUT2D eigenvalue weighted by Crippen LogP contribution is -2.45. The smallest absolute Gasteiger partial charge is 0.177 e. The van der Waals surface area contributed by atoms with Crippen LogP contribution >= 0.6 is 12.2 Å². The number of nitrogens with one attached hydrogen (secondary N) is 3. The van der Waals surface area contributed by atoms with E-state index in [2.05, 4.69) is 54.2 Å². The van der Waals surface area contributed by atoms with Crippen molar-refractivity contribution in [2.24, 2.45) is 5.10 Å². The van der Waals surface area contributed by atoms with Crippen molar-refractivity contribution >= 4 is 18.1 Å². The molecule has 0 fully saturated rings. The molecule has 0 saturated carbocycles. The van der Waals surface area contributed by atoms with Crippen LogP contribution in [0.3, 0.4) is 0 Å². The highest BCUT2D eigenvalue weighted by atomic mass is 32.1. The summed E-state index contributed by atoms with van der Waals surface area (Å²) in [6.45, 7) is 6.23. The van der Waals surface area contributed by atoms with Crippen LogP contribution in [-0.2, 0) is 0 Å². The number of hydrazone groups is 1. The number of hydrogen-bond acceptors (Lipinski definition) is 5. The molecule has 1 aliphatic rings. The van der Waals surface area contributed by atoms with Crippen molar-refractivity contribution in [1.29, 1.82) is 0 Å². The van der Waals surface area contributed by atoms with Gasteiger partial charge in [0, 0.05) is 12.2 Å². The Hall–Kier alpha value is -2.12. The maximum atomic E-state index is 5.58. The maximum absolute atomic E-state index is 5.58. The fraction of sp³-hybridized carbons (Fsp3) is 0.286. The Morgan fingerprint density at radius 3 is 2.57 bits per heavy atom. The Bertz CT molecular complexity index is 725. The molecule has 2 aromatic rings. The van der Waals surface area contributed by atoms with Crippen LogP contribution in [0, 0.1) is 11.6 Å². The van der Waals surface area contributed by atoms with Gasteiger partial charge in [-0.25, -0.2) is 10.2 Å². The Kier molecular flexibility index (Phi) is 3.52. The van der Waals surface area contributed by atoms with E-state index in [9.17, 15) is 0 Å². The third-order valence-electron chi connectivity index (χ3n) is 3.38. The third-order valence-corrected chi connectivity index (χ3v) is 3.78. The first-order chi connectivity index (χ1) is 10.1. The minimum absolute atomic E-state index is 0.260. The Labute approximate surface area is 128 Å². The maximum Gasteiger partial charge on any atom is 0.177 e. The largest absolute Gasteiger partial charge is 0.299 e. The van der Waals surface area contributed by atoms with Gasteiger partial charge in [0.25, 0.3) is 0 Å². The summed E-state index contributed by atoms with van der Waals surface area (Å²) >= 11 is 5.58. The molecular formula is C14H18N6S. The Morgan fingerprint density at radius 2 is 1.90 bits per heavy atom. The highest BCUT2D eigenvalue weighted by Crippen LogP contribution is 2.15. The number of benzene rings is 1. The third kappa shape index (κ3) is 2.45. The summed E-state index contributed by atoms with van der Waals surface area (Å²) in [5.74, 6) is 0.789. The van der Waals surface area contributed by atoms with E-state index in [1.807, 2.05) is 28.0 Å². The van der Waals surface area contributed by atoms with E-state index in [1.165, 1.54) is 5.56 Å². The highest BCUT2D eigenvalue weighted by molar-refractivity contribution is 7.71. The molecule has 0 radical (unpaired) electrons. The molecule has 0 saturated heterocycles. The molecule has 7 heteroatoms. The quantitative estimate of drug-likeness (QED) is 0.761. The van der Waals surface area contributed by atoms with E-state index in [0.29, 0.717) is 4.64 Å². The molecule has 0 unspecified atom stereocenters. The van der Waals surface area contributed by atoms with Gasteiger partial charge in [-0.15, -0.1) is 10.6 Å². The molecule has 110 valence electrons. The molecule has 3 N–H and O–H groups in total. The van der Waals surface area contributed by atoms with Gasteiger partial charge in [-0.2, -0.15) is 0 Å². The van der Waals surface area contributed by atoms with Crippen LogP contribution < -0.4 is 11.1 Å². The standard InChI is InChI=1S/C14H18N6S/c1-9(2)19-13(16-17-18-19)12-8-15-20(14(12)21)11-6-4-10(3)5-7-11/h4-9,15,17-18H,1-3H3. The van der Waals surface area contributed by atoms with Gasteiger partial charge in [0.05, 0.1) is 11.3 Å². The summed E-state index contributed by atoms with van der Waals surface area (Å²) in [5, 5.41) is 9.41. The molecule has 0 aliphatic carbocycles. The van der Waals surface area contributed by atoms with Crippen molar-refractivity contribution in [2.45, 2.75) is 26.8 Å². The van der Waals surface area contributed by atoms with Crippen LogP contribution in [0.2, 0.25) is 0 Å². The normalized spacial score (nSPS) is 14.5. The molecule has 1 aliphatic heterocycles. The average molecular weight is 302 g/mol. The minimum Gasteiger partial charge on any atom is -0.299 e. The fourth-order valence-electron chi connectivity index (χ4n) is 2.22. The zero-order valence-electron chi connectivity index (χ0n) is 12.2. The topological polar surface area (TPSA) is 60.4 Å². The van der Waals surface area contributed by atoms with Crippen LogP contribution in [0.4, 0.5) is 0 Å². The number of rotatable bonds is 3. The minimum atomic E-state index is 0.260. The SMILES string of the molecule is Cc1ccc(-n2[nH]cc(C3=NNNN3C(C)C)c2=S)cc1. The van der Waals surface area contributed by atoms with Gasteiger partial charge in [-0.05, 0) is 32.9 Å². The summed E-state index contributed by atoms with van der Waals surface area (Å²) in [7, 11) is 0. The number of hydrazine groups is 2. The second-order valence-corrected chi connectivity index (χ2v) is 5.67. The van der Waals surface area contributed by atoms with Crippen LogP contribution in [0.15, 0.2) is 35.6 Å². The first-order valence-electron chi connectivity index (χ1n) is 6.83. The molecule has 6 nitrogen and oxygen atoms in total. The first kappa shape index (κ1) is 13.8. The average Bonchev–Trinajstić information content (AvgIpc) is 3.06.